The molecule has 22 heavy (non-hydrogen) atoms. The van der Waals surface area contributed by atoms with Gasteiger partial charge in [0, 0.05) is 23.3 Å². The lowest BCUT2D eigenvalue weighted by Gasteiger charge is -2.11. The molecular weight excluding hydrogens is 318 g/mol. The van der Waals surface area contributed by atoms with Crippen LogP contribution in [0.1, 0.15) is 21.6 Å². The molecule has 1 fully saturated rings. The predicted molar refractivity (Wildman–Crippen MR) is 91.2 cm³/mol. The minimum absolute atomic E-state index is 0.252. The number of anilines is 1. The number of amides is 2. The lowest BCUT2D eigenvalue weighted by atomic mass is 10.2. The lowest BCUT2D eigenvalue weighted by Crippen LogP contribution is -2.28. The van der Waals surface area contributed by atoms with Crippen LogP contribution in [0.4, 0.5) is 10.5 Å². The zero-order valence-corrected chi connectivity index (χ0v) is 13.8. The number of urea groups is 1. The summed E-state index contributed by atoms with van der Waals surface area (Å²) in [6.45, 7) is 2.16. The van der Waals surface area contributed by atoms with E-state index in [4.69, 9.17) is 4.52 Å². The Bertz CT molecular complexity index is 654. The van der Waals surface area contributed by atoms with Crippen LogP contribution in [0.15, 0.2) is 34.9 Å². The van der Waals surface area contributed by atoms with E-state index >= 15 is 0 Å². The number of aromatic nitrogens is 1. The van der Waals surface area contributed by atoms with Crippen molar-refractivity contribution in [1.82, 2.24) is 10.5 Å². The zero-order valence-electron chi connectivity index (χ0n) is 12.2. The van der Waals surface area contributed by atoms with E-state index in [-0.39, 0.29) is 6.03 Å². The molecule has 2 N–H and O–H groups in total. The van der Waals surface area contributed by atoms with Crippen LogP contribution in [-0.4, -0.2) is 22.7 Å². The first-order chi connectivity index (χ1) is 10.7. The molecule has 1 saturated heterocycles. The van der Waals surface area contributed by atoms with Gasteiger partial charge in [0.15, 0.2) is 5.76 Å². The highest BCUT2D eigenvalue weighted by Gasteiger charge is 2.18. The van der Waals surface area contributed by atoms with Crippen LogP contribution in [0.2, 0.25) is 0 Å². The minimum Gasteiger partial charge on any atom is -0.359 e. The molecule has 1 aromatic carbocycles. The molecule has 3 rings (SSSR count). The molecule has 2 aromatic rings. The zero-order chi connectivity index (χ0) is 15.4. The van der Waals surface area contributed by atoms with Crippen molar-refractivity contribution >= 4 is 35.2 Å². The van der Waals surface area contributed by atoms with Gasteiger partial charge in [-0.05, 0) is 24.6 Å². The molecule has 2 amide bonds. The molecule has 0 spiro atoms. The van der Waals surface area contributed by atoms with Crippen LogP contribution in [0, 0.1) is 6.92 Å². The van der Waals surface area contributed by atoms with E-state index in [1.807, 2.05) is 48.6 Å². The molecule has 0 unspecified atom stereocenters. The van der Waals surface area contributed by atoms with Gasteiger partial charge in [0.25, 0.3) is 0 Å². The van der Waals surface area contributed by atoms with Crippen LogP contribution in [-0.2, 0) is 6.54 Å². The number of nitrogens with one attached hydrogen (secondary N) is 2. The smallest absolute Gasteiger partial charge is 0.319 e. The van der Waals surface area contributed by atoms with Gasteiger partial charge >= 0.3 is 6.03 Å². The van der Waals surface area contributed by atoms with Crippen molar-refractivity contribution < 1.29 is 9.32 Å². The van der Waals surface area contributed by atoms with E-state index in [1.165, 1.54) is 17.1 Å². The lowest BCUT2D eigenvalue weighted by molar-refractivity contribution is 0.250. The number of aryl methyl sites for hydroxylation is 1. The molecule has 1 aliphatic heterocycles. The van der Waals surface area contributed by atoms with Crippen molar-refractivity contribution in [2.24, 2.45) is 0 Å². The molecule has 2 heterocycles. The summed E-state index contributed by atoms with van der Waals surface area (Å²) in [6, 6.07) is 9.56. The third kappa shape index (κ3) is 3.98. The first-order valence-electron chi connectivity index (χ1n) is 7.01. The fraction of sp³-hybridized carbons (Fsp3) is 0.333. The summed E-state index contributed by atoms with van der Waals surface area (Å²) in [5.74, 6) is 3.01. The Hall–Kier alpha value is -1.60. The Labute approximate surface area is 137 Å². The third-order valence-electron chi connectivity index (χ3n) is 3.14. The maximum atomic E-state index is 11.9. The second kappa shape index (κ2) is 7.11. The third-order valence-corrected chi connectivity index (χ3v) is 6.24. The van der Waals surface area contributed by atoms with Crippen molar-refractivity contribution in [2.45, 2.75) is 18.1 Å². The van der Waals surface area contributed by atoms with Gasteiger partial charge < -0.3 is 15.2 Å². The summed E-state index contributed by atoms with van der Waals surface area (Å²) >= 11 is 3.90. The standard InChI is InChI=1S/C15H17N3O2S2/c1-10-7-13(20-18-10)9-16-15(19)17-12-4-2-3-11(8-12)14-21-5-6-22-14/h2-4,7-8,14H,5-6,9H2,1H3,(H2,16,17,19). The Kier molecular flexibility index (Phi) is 4.94. The highest BCUT2D eigenvalue weighted by molar-refractivity contribution is 8.19. The number of benzene rings is 1. The number of thioether (sulfide) groups is 2. The average Bonchev–Trinajstić information content (AvgIpc) is 3.17. The molecule has 0 bridgehead atoms. The van der Waals surface area contributed by atoms with E-state index in [0.717, 1.165) is 11.4 Å². The topological polar surface area (TPSA) is 67.2 Å². The number of carbonyl (C=O) groups excluding carboxylic acids is 1. The fourth-order valence-corrected chi connectivity index (χ4v) is 4.99. The Morgan fingerprint density at radius 1 is 1.36 bits per heavy atom. The SMILES string of the molecule is Cc1cc(CNC(=O)Nc2cccc(C3SCCS3)c2)on1. The second-order valence-electron chi connectivity index (χ2n) is 4.94. The molecule has 116 valence electrons. The second-order valence-corrected chi connectivity index (χ2v) is 7.67. The van der Waals surface area contributed by atoms with E-state index in [1.54, 1.807) is 6.07 Å². The first kappa shape index (κ1) is 15.3. The predicted octanol–water partition coefficient (Wildman–Crippen LogP) is 3.78. The summed E-state index contributed by atoms with van der Waals surface area (Å²) in [5.41, 5.74) is 2.85. The molecule has 0 saturated carbocycles. The highest BCUT2D eigenvalue weighted by atomic mass is 32.2. The van der Waals surface area contributed by atoms with Gasteiger partial charge in [-0.2, -0.15) is 0 Å². The molecular formula is C15H17N3O2S2. The quantitative estimate of drug-likeness (QED) is 0.890. The largest absolute Gasteiger partial charge is 0.359 e. The first-order valence-corrected chi connectivity index (χ1v) is 9.11. The summed E-state index contributed by atoms with van der Waals surface area (Å²) in [7, 11) is 0. The van der Waals surface area contributed by atoms with Gasteiger partial charge in [0.05, 0.1) is 16.8 Å². The molecule has 5 nitrogen and oxygen atoms in total. The molecule has 0 atom stereocenters. The minimum atomic E-state index is -0.252. The van der Waals surface area contributed by atoms with Gasteiger partial charge in [-0.3, -0.25) is 0 Å². The number of hydrogen-bond donors (Lipinski definition) is 2. The van der Waals surface area contributed by atoms with Crippen molar-refractivity contribution in [1.29, 1.82) is 0 Å². The van der Waals surface area contributed by atoms with Crippen LogP contribution in [0.3, 0.4) is 0 Å². The summed E-state index contributed by atoms with van der Waals surface area (Å²) in [4.78, 5) is 11.9. The van der Waals surface area contributed by atoms with Crippen LogP contribution >= 0.6 is 23.5 Å². The van der Waals surface area contributed by atoms with Crippen molar-refractivity contribution in [3.8, 4) is 0 Å². The number of carbonyl (C=O) groups is 1. The molecule has 7 heteroatoms. The average molecular weight is 335 g/mol. The Morgan fingerprint density at radius 2 is 2.18 bits per heavy atom. The van der Waals surface area contributed by atoms with Gasteiger partial charge in [-0.15, -0.1) is 23.5 Å². The van der Waals surface area contributed by atoms with Gasteiger partial charge in [0.1, 0.15) is 0 Å². The van der Waals surface area contributed by atoms with Crippen molar-refractivity contribution in [3.05, 3.63) is 47.3 Å². The highest BCUT2D eigenvalue weighted by Crippen LogP contribution is 2.45. The number of hydrogen-bond acceptors (Lipinski definition) is 5. The van der Waals surface area contributed by atoms with E-state index < -0.39 is 0 Å². The summed E-state index contributed by atoms with van der Waals surface area (Å²) in [6.07, 6.45) is 0. The monoisotopic (exact) mass is 335 g/mol. The fourth-order valence-electron chi connectivity index (χ4n) is 2.16. The van der Waals surface area contributed by atoms with E-state index in [0.29, 0.717) is 16.9 Å². The van der Waals surface area contributed by atoms with Crippen molar-refractivity contribution in [3.63, 3.8) is 0 Å². The summed E-state index contributed by atoms with van der Waals surface area (Å²) < 4.78 is 5.53. The van der Waals surface area contributed by atoms with E-state index in [2.05, 4.69) is 21.9 Å². The molecule has 0 radical (unpaired) electrons. The van der Waals surface area contributed by atoms with Gasteiger partial charge in [-0.25, -0.2) is 4.79 Å². The van der Waals surface area contributed by atoms with Crippen molar-refractivity contribution in [2.75, 3.05) is 16.8 Å². The normalized spacial score (nSPS) is 15.0. The Balaban J connectivity index is 1.55. The maximum Gasteiger partial charge on any atom is 0.319 e. The maximum absolute atomic E-state index is 11.9. The number of nitrogens with zero attached hydrogens (tertiary/aromatic N) is 1. The summed E-state index contributed by atoms with van der Waals surface area (Å²) in [5, 5.41) is 9.39. The van der Waals surface area contributed by atoms with Crippen LogP contribution in [0.5, 0.6) is 0 Å². The van der Waals surface area contributed by atoms with Gasteiger partial charge in [-0.1, -0.05) is 17.3 Å². The molecule has 1 aromatic heterocycles. The van der Waals surface area contributed by atoms with Crippen LogP contribution in [0.25, 0.3) is 0 Å². The number of rotatable bonds is 4. The van der Waals surface area contributed by atoms with Gasteiger partial charge in [0.2, 0.25) is 0 Å². The van der Waals surface area contributed by atoms with E-state index in [9.17, 15) is 4.79 Å². The Morgan fingerprint density at radius 3 is 2.91 bits per heavy atom. The molecule has 0 aliphatic carbocycles. The molecule has 1 aliphatic rings. The van der Waals surface area contributed by atoms with Crippen LogP contribution < -0.4 is 10.6 Å².